The summed E-state index contributed by atoms with van der Waals surface area (Å²) < 4.78 is 0. The standard InChI is InChI=1S/C10H16Br2/c11-9-5-7-3-1-2-4-8(7)6-10(9)12/h7-10H,1-6H2/t7-,8-,9-,10+/m0/s1. The average molecular weight is 296 g/mol. The van der Waals surface area contributed by atoms with Crippen LogP contribution < -0.4 is 0 Å². The largest absolute Gasteiger partial charge is 0.0878 e. The predicted octanol–water partition coefficient (Wildman–Crippen LogP) is 4.11. The molecule has 2 rings (SSSR count). The van der Waals surface area contributed by atoms with Crippen molar-refractivity contribution in [1.29, 1.82) is 0 Å². The highest BCUT2D eigenvalue weighted by Gasteiger charge is 2.35. The summed E-state index contributed by atoms with van der Waals surface area (Å²) in [5.41, 5.74) is 0. The second-order valence-corrected chi connectivity index (χ2v) is 6.66. The summed E-state index contributed by atoms with van der Waals surface area (Å²) >= 11 is 7.54. The number of alkyl halides is 2. The number of halogens is 2. The predicted molar refractivity (Wildman–Crippen MR) is 60.1 cm³/mol. The first-order chi connectivity index (χ1) is 5.77. The van der Waals surface area contributed by atoms with Crippen LogP contribution in [0.3, 0.4) is 0 Å². The lowest BCUT2D eigenvalue weighted by Crippen LogP contribution is -2.34. The zero-order valence-electron chi connectivity index (χ0n) is 7.31. The Balaban J connectivity index is 1.98. The molecule has 0 bridgehead atoms. The first-order valence-corrected chi connectivity index (χ1v) is 6.88. The summed E-state index contributed by atoms with van der Waals surface area (Å²) in [5.74, 6) is 2.08. The average Bonchev–Trinajstić information content (AvgIpc) is 2.07. The second kappa shape index (κ2) is 4.00. The van der Waals surface area contributed by atoms with Crippen molar-refractivity contribution in [2.24, 2.45) is 11.8 Å². The van der Waals surface area contributed by atoms with Crippen LogP contribution in [0, 0.1) is 11.8 Å². The fourth-order valence-electron chi connectivity index (χ4n) is 2.78. The minimum atomic E-state index is 0.733. The SMILES string of the molecule is Br[C@@H]1C[C@@H]2CCCC[C@H]2C[C@@H]1Br. The molecule has 0 heterocycles. The first kappa shape index (κ1) is 9.51. The van der Waals surface area contributed by atoms with Crippen molar-refractivity contribution in [1.82, 2.24) is 0 Å². The lowest BCUT2D eigenvalue weighted by Gasteiger charge is -2.40. The van der Waals surface area contributed by atoms with E-state index in [1.165, 1.54) is 38.5 Å². The Labute approximate surface area is 91.7 Å². The van der Waals surface area contributed by atoms with Crippen molar-refractivity contribution in [3.05, 3.63) is 0 Å². The van der Waals surface area contributed by atoms with Crippen LogP contribution in [0.1, 0.15) is 38.5 Å². The van der Waals surface area contributed by atoms with Crippen molar-refractivity contribution in [3.8, 4) is 0 Å². The third-order valence-corrected chi connectivity index (χ3v) is 6.25. The van der Waals surface area contributed by atoms with E-state index in [0.717, 1.165) is 21.5 Å². The summed E-state index contributed by atoms with van der Waals surface area (Å²) in [7, 11) is 0. The molecule has 70 valence electrons. The van der Waals surface area contributed by atoms with Crippen LogP contribution in [-0.2, 0) is 0 Å². The Morgan fingerprint density at radius 2 is 1.17 bits per heavy atom. The monoisotopic (exact) mass is 294 g/mol. The first-order valence-electron chi connectivity index (χ1n) is 5.05. The Morgan fingerprint density at radius 3 is 1.58 bits per heavy atom. The molecule has 0 N–H and O–H groups in total. The van der Waals surface area contributed by atoms with Gasteiger partial charge in [-0.1, -0.05) is 57.5 Å². The Bertz CT molecular complexity index is 140. The van der Waals surface area contributed by atoms with Crippen LogP contribution in [0.25, 0.3) is 0 Å². The Morgan fingerprint density at radius 1 is 0.750 bits per heavy atom. The maximum absolute atomic E-state index is 3.77. The van der Waals surface area contributed by atoms with E-state index in [1.54, 1.807) is 0 Å². The van der Waals surface area contributed by atoms with Crippen molar-refractivity contribution >= 4 is 31.9 Å². The molecule has 0 aromatic heterocycles. The van der Waals surface area contributed by atoms with Crippen LogP contribution in [0.4, 0.5) is 0 Å². The molecule has 0 aromatic rings. The zero-order chi connectivity index (χ0) is 8.55. The van der Waals surface area contributed by atoms with Gasteiger partial charge in [-0.05, 0) is 24.7 Å². The fourth-order valence-corrected chi connectivity index (χ4v) is 4.17. The molecule has 2 heteroatoms. The highest BCUT2D eigenvalue weighted by Crippen LogP contribution is 2.44. The minimum absolute atomic E-state index is 0.733. The Kier molecular flexibility index (Phi) is 3.17. The van der Waals surface area contributed by atoms with Crippen molar-refractivity contribution < 1.29 is 0 Å². The molecule has 0 spiro atoms. The van der Waals surface area contributed by atoms with Gasteiger partial charge >= 0.3 is 0 Å². The fraction of sp³-hybridized carbons (Fsp3) is 1.00. The lowest BCUT2D eigenvalue weighted by atomic mass is 9.71. The van der Waals surface area contributed by atoms with E-state index < -0.39 is 0 Å². The highest BCUT2D eigenvalue weighted by atomic mass is 79.9. The van der Waals surface area contributed by atoms with Gasteiger partial charge in [0.1, 0.15) is 0 Å². The third-order valence-electron chi connectivity index (χ3n) is 3.51. The van der Waals surface area contributed by atoms with Gasteiger partial charge in [-0.3, -0.25) is 0 Å². The van der Waals surface area contributed by atoms with Crippen molar-refractivity contribution in [2.75, 3.05) is 0 Å². The molecule has 0 saturated heterocycles. The number of hydrogen-bond donors (Lipinski definition) is 0. The van der Waals surface area contributed by atoms with Crippen LogP contribution in [0.2, 0.25) is 0 Å². The molecule has 0 nitrogen and oxygen atoms in total. The van der Waals surface area contributed by atoms with E-state index in [4.69, 9.17) is 0 Å². The highest BCUT2D eigenvalue weighted by molar-refractivity contribution is 9.12. The number of rotatable bonds is 0. The zero-order valence-corrected chi connectivity index (χ0v) is 10.5. The van der Waals surface area contributed by atoms with Gasteiger partial charge in [0.2, 0.25) is 0 Å². The molecule has 0 amide bonds. The van der Waals surface area contributed by atoms with Crippen molar-refractivity contribution in [2.45, 2.75) is 48.2 Å². The summed E-state index contributed by atoms with van der Waals surface area (Å²) in [5, 5.41) is 0. The summed E-state index contributed by atoms with van der Waals surface area (Å²) in [6.45, 7) is 0. The third kappa shape index (κ3) is 1.89. The van der Waals surface area contributed by atoms with Crippen LogP contribution in [0.5, 0.6) is 0 Å². The van der Waals surface area contributed by atoms with Gasteiger partial charge in [0.15, 0.2) is 0 Å². The molecule has 0 aliphatic heterocycles. The lowest BCUT2D eigenvalue weighted by molar-refractivity contribution is 0.181. The van der Waals surface area contributed by atoms with E-state index >= 15 is 0 Å². The van der Waals surface area contributed by atoms with Gasteiger partial charge in [0, 0.05) is 9.65 Å². The van der Waals surface area contributed by atoms with Crippen LogP contribution >= 0.6 is 31.9 Å². The van der Waals surface area contributed by atoms with Crippen LogP contribution in [-0.4, -0.2) is 9.65 Å². The maximum atomic E-state index is 3.77. The molecule has 2 saturated carbocycles. The second-order valence-electron chi connectivity index (χ2n) is 4.31. The molecule has 0 aromatic carbocycles. The minimum Gasteiger partial charge on any atom is -0.0878 e. The van der Waals surface area contributed by atoms with Crippen molar-refractivity contribution in [3.63, 3.8) is 0 Å². The van der Waals surface area contributed by atoms with Gasteiger partial charge in [0.05, 0.1) is 0 Å². The van der Waals surface area contributed by atoms with E-state index in [2.05, 4.69) is 31.9 Å². The molecule has 0 radical (unpaired) electrons. The summed E-state index contributed by atoms with van der Waals surface area (Å²) in [4.78, 5) is 1.47. The van der Waals surface area contributed by atoms with Gasteiger partial charge in [-0.15, -0.1) is 0 Å². The summed E-state index contributed by atoms with van der Waals surface area (Å²) in [6.07, 6.45) is 8.75. The normalized spacial score (nSPS) is 48.5. The molecule has 2 aliphatic rings. The quantitative estimate of drug-likeness (QED) is 0.590. The molecular formula is C10H16Br2. The molecule has 2 fully saturated rings. The maximum Gasteiger partial charge on any atom is 0.0273 e. The summed E-state index contributed by atoms with van der Waals surface area (Å²) in [6, 6.07) is 0. The molecule has 2 aliphatic carbocycles. The molecule has 4 atom stereocenters. The van der Waals surface area contributed by atoms with E-state index in [0.29, 0.717) is 0 Å². The topological polar surface area (TPSA) is 0 Å². The van der Waals surface area contributed by atoms with Gasteiger partial charge in [0.25, 0.3) is 0 Å². The van der Waals surface area contributed by atoms with E-state index in [1.807, 2.05) is 0 Å². The van der Waals surface area contributed by atoms with E-state index in [9.17, 15) is 0 Å². The van der Waals surface area contributed by atoms with Crippen LogP contribution in [0.15, 0.2) is 0 Å². The van der Waals surface area contributed by atoms with Gasteiger partial charge in [-0.2, -0.15) is 0 Å². The molecule has 12 heavy (non-hydrogen) atoms. The van der Waals surface area contributed by atoms with E-state index in [-0.39, 0.29) is 0 Å². The van der Waals surface area contributed by atoms with Gasteiger partial charge in [-0.25, -0.2) is 0 Å². The number of fused-ring (bicyclic) bond motifs is 1. The Hall–Kier alpha value is 0.960. The van der Waals surface area contributed by atoms with Gasteiger partial charge < -0.3 is 0 Å². The smallest absolute Gasteiger partial charge is 0.0273 e. The number of hydrogen-bond acceptors (Lipinski definition) is 0. The molecule has 0 unspecified atom stereocenters. The molecular weight excluding hydrogens is 280 g/mol.